The van der Waals surface area contributed by atoms with Gasteiger partial charge in [-0.3, -0.25) is 37.8 Å². The lowest BCUT2D eigenvalue weighted by Gasteiger charge is -2.36. The van der Waals surface area contributed by atoms with E-state index >= 15 is 0 Å². The van der Waals surface area contributed by atoms with E-state index in [4.69, 9.17) is 80.6 Å². The molecule has 4 aromatic carbocycles. The van der Waals surface area contributed by atoms with E-state index in [1.807, 2.05) is 10.1 Å². The fourth-order valence-electron chi connectivity index (χ4n) is 15.1. The van der Waals surface area contributed by atoms with Crippen molar-refractivity contribution in [2.24, 2.45) is 17.8 Å². The Kier molecular flexibility index (Phi) is 41.6. The molecule has 0 radical (unpaired) electrons. The van der Waals surface area contributed by atoms with Crippen molar-refractivity contribution in [3.63, 3.8) is 0 Å². The predicted octanol–water partition coefficient (Wildman–Crippen LogP) is 5.32. The number of phenols is 2. The Hall–Kier alpha value is -10.9. The highest BCUT2D eigenvalue weighted by Crippen LogP contribution is 2.58. The monoisotopic (exact) mass is 1900 g/mol. The van der Waals surface area contributed by atoms with Crippen molar-refractivity contribution in [2.45, 2.75) is 76.0 Å². The van der Waals surface area contributed by atoms with E-state index in [0.29, 0.717) is 164 Å². The van der Waals surface area contributed by atoms with Gasteiger partial charge in [0.15, 0.2) is 10.6 Å². The number of ether oxygens (including phenoxy) is 16. The molecule has 0 unspecified atom stereocenters. The van der Waals surface area contributed by atoms with E-state index in [2.05, 4.69) is 47.2 Å². The van der Waals surface area contributed by atoms with Crippen LogP contribution in [0.15, 0.2) is 90.6 Å². The normalized spacial score (nSPS) is 15.2. The number of phenolic OH excluding ortho intramolecular Hbond substituents is 2. The average molecular weight is 1900 g/mol. The second-order valence-corrected chi connectivity index (χ2v) is 33.4. The number of thiazole rings is 1. The molecule has 1 saturated carbocycles. The zero-order valence-electron chi connectivity index (χ0n) is 74.8. The minimum Gasteiger partial charge on any atom is -0.508 e. The van der Waals surface area contributed by atoms with Crippen LogP contribution in [0.25, 0.3) is 4.96 Å². The summed E-state index contributed by atoms with van der Waals surface area (Å²) in [6.45, 7) is 8.80. The number of fused-ring (bicyclic) bond motifs is 9. The third-order valence-electron chi connectivity index (χ3n) is 21.9. The molecule has 728 valence electrons. The highest BCUT2D eigenvalue weighted by Gasteiger charge is 2.54. The van der Waals surface area contributed by atoms with Crippen LogP contribution in [0.5, 0.6) is 28.7 Å². The Labute approximate surface area is 772 Å². The number of carbonyl (C=O) groups is 8. The van der Waals surface area contributed by atoms with E-state index in [9.17, 15) is 61.5 Å². The van der Waals surface area contributed by atoms with Crippen molar-refractivity contribution < 1.29 is 142 Å². The molecular formula is C88H119N13O30S2. The highest BCUT2D eigenvalue weighted by molar-refractivity contribution is 7.85. The largest absolute Gasteiger partial charge is 0.508 e. The molecule has 5 heterocycles. The summed E-state index contributed by atoms with van der Waals surface area (Å²) < 4.78 is 127. The first-order valence-electron chi connectivity index (χ1n) is 44.2. The van der Waals surface area contributed by atoms with Gasteiger partial charge in [-0.25, -0.2) is 29.1 Å². The zero-order valence-corrected chi connectivity index (χ0v) is 76.4. The van der Waals surface area contributed by atoms with Gasteiger partial charge in [-0.15, -0.1) is 16.4 Å². The first-order valence-corrected chi connectivity index (χ1v) is 46.6. The molecule has 1 spiro atoms. The first kappa shape index (κ1) is 103. The SMILES string of the molecule is COc1ccc(NC(=O)c2cn3ccsc3n2)cc1C(=O)NCCCC(=O)N[C@@H](CCC(=O)N(C)OC)C(=O)NCCOCCOCCOCCOCCOCCOCCOCCOCCN(CCCS(=O)(=O)O)C(=O)OC[C@H]1[C@@H]2CCc3c(nnn3CCOCCOCCOCCOCCNC(=O)Nc3ccc4c(c3)C(=O)OC43c4ccc(O)cc4Oc4cc(O)ccc43)CC[C@@H]21. The predicted molar refractivity (Wildman–Crippen MR) is 476 cm³/mol. The third kappa shape index (κ3) is 32.2. The highest BCUT2D eigenvalue weighted by atomic mass is 32.2. The van der Waals surface area contributed by atoms with Crippen LogP contribution in [0.2, 0.25) is 0 Å². The topological polar surface area (TPSA) is 515 Å². The molecule has 8 amide bonds. The number of aryl methyl sites for hydroxylation is 1. The quantitative estimate of drug-likeness (QED) is 0.0101. The number of imidazole rings is 1. The number of urea groups is 1. The number of hydroxylamine groups is 2. The lowest BCUT2D eigenvalue weighted by molar-refractivity contribution is -0.168. The number of methoxy groups -OCH3 is 1. The molecule has 2 aliphatic heterocycles. The van der Waals surface area contributed by atoms with Crippen LogP contribution in [0.3, 0.4) is 0 Å². The number of nitrogens with one attached hydrogen (secondary N) is 6. The Morgan fingerprint density at radius 3 is 1.76 bits per heavy atom. The minimum atomic E-state index is -4.24. The molecule has 133 heavy (non-hydrogen) atoms. The van der Waals surface area contributed by atoms with Gasteiger partial charge in [-0.1, -0.05) is 11.3 Å². The van der Waals surface area contributed by atoms with Crippen LogP contribution in [0, 0.1) is 17.8 Å². The van der Waals surface area contributed by atoms with E-state index in [1.165, 1.54) is 73.9 Å². The van der Waals surface area contributed by atoms with Gasteiger partial charge < -0.3 is 123 Å². The summed E-state index contributed by atoms with van der Waals surface area (Å²) >= 11 is 1.39. The molecule has 4 aliphatic rings. The number of rotatable bonds is 63. The van der Waals surface area contributed by atoms with E-state index in [0.717, 1.165) is 42.1 Å². The van der Waals surface area contributed by atoms with Crippen LogP contribution < -0.4 is 41.4 Å². The molecule has 7 aromatic rings. The fourth-order valence-corrected chi connectivity index (χ4v) is 16.3. The molecule has 45 heteroatoms. The Morgan fingerprint density at radius 1 is 0.617 bits per heavy atom. The van der Waals surface area contributed by atoms with Gasteiger partial charge in [0.05, 0.1) is 214 Å². The molecular weight excluding hydrogens is 1780 g/mol. The molecule has 9 N–H and O–H groups in total. The second-order valence-electron chi connectivity index (χ2n) is 31.0. The van der Waals surface area contributed by atoms with E-state index < -0.39 is 75.1 Å². The Balaban J connectivity index is 0.441. The molecule has 2 aliphatic carbocycles. The minimum absolute atomic E-state index is 0.0110. The molecule has 0 bridgehead atoms. The molecule has 3 aromatic heterocycles. The number of aromatic hydroxyl groups is 2. The number of nitrogens with zero attached hydrogens (tertiary/aromatic N) is 7. The number of hydrogen-bond acceptors (Lipinski definition) is 33. The fraction of sp³-hybridized carbons (Fsp3) is 0.557. The van der Waals surface area contributed by atoms with Crippen molar-refractivity contribution in [3.05, 3.63) is 135 Å². The molecule has 1 fully saturated rings. The zero-order chi connectivity index (χ0) is 94.2. The van der Waals surface area contributed by atoms with Crippen molar-refractivity contribution in [1.82, 2.24) is 55.6 Å². The number of hydrogen-bond donors (Lipinski definition) is 9. The average Bonchev–Trinajstić information content (AvgIpc) is 1.57. The number of esters is 1. The number of anilines is 2. The van der Waals surface area contributed by atoms with Gasteiger partial charge in [-0.2, -0.15) is 8.42 Å². The summed E-state index contributed by atoms with van der Waals surface area (Å²) in [4.78, 5) is 116. The van der Waals surface area contributed by atoms with Gasteiger partial charge >= 0.3 is 18.1 Å². The van der Waals surface area contributed by atoms with Gasteiger partial charge in [0, 0.05) is 111 Å². The number of amides is 8. The lowest BCUT2D eigenvalue weighted by atomic mass is 9.77. The van der Waals surface area contributed by atoms with Crippen LogP contribution in [-0.4, -0.2) is 336 Å². The van der Waals surface area contributed by atoms with Gasteiger partial charge in [0.25, 0.3) is 21.9 Å². The summed E-state index contributed by atoms with van der Waals surface area (Å²) in [5.74, 6) is -1.91. The van der Waals surface area contributed by atoms with E-state index in [-0.39, 0.29) is 169 Å². The smallest absolute Gasteiger partial charge is 0.409 e. The summed E-state index contributed by atoms with van der Waals surface area (Å²) in [7, 11) is -0.0640. The summed E-state index contributed by atoms with van der Waals surface area (Å²) in [6, 6.07) is 17.0. The lowest BCUT2D eigenvalue weighted by Crippen LogP contribution is -2.48. The van der Waals surface area contributed by atoms with Crippen molar-refractivity contribution in [2.75, 3.05) is 236 Å². The van der Waals surface area contributed by atoms with Crippen molar-refractivity contribution in [3.8, 4) is 28.7 Å². The summed E-state index contributed by atoms with van der Waals surface area (Å²) in [5.41, 5.74) is 3.37. The maximum Gasteiger partial charge on any atom is 0.409 e. The Morgan fingerprint density at radius 2 is 1.17 bits per heavy atom. The number of carbonyl (C=O) groups excluding carboxylic acids is 8. The van der Waals surface area contributed by atoms with Crippen molar-refractivity contribution >= 4 is 85.4 Å². The first-order chi connectivity index (χ1) is 64.6. The molecule has 0 saturated heterocycles. The van der Waals surface area contributed by atoms with Crippen LogP contribution in [0.4, 0.5) is 21.0 Å². The second kappa shape index (κ2) is 53.9. The number of benzene rings is 4. The Bertz CT molecular complexity index is 4960. The maximum atomic E-state index is 13.5. The maximum absolute atomic E-state index is 13.5. The number of aromatic nitrogens is 5. The standard InChI is InChI=1S/C88H119N13O30S2/c1-98(116-3)80(105)20-17-73(94-79(104)6-4-21-89-81(106)67-55-60(8-19-76(67)115-2)92-83(108)74-58-100-27-52-132-86(100)95-74)82(107)90-22-28-117-32-36-121-41-44-125-46-48-127-50-51-128-49-47-126-45-43-123-38-34-119-30-25-99(24-5-53-133(112,113)114)87(111)129-59-68-64-11-16-72-75(18-12-65(64)68)101(97-96-72)26-31-120-35-39-124-42-40-122-37-33-118-29-23-91-85(110)93-61-7-13-69-66(54-61)84(109)131-88(69)70-14-9-62(102)56-77(70)130-78-57-63(103)10-15-71(78)88/h7-10,13-15,19,27,52,54-58,64-65,68,73,102-103H,4-6,11-12,16-18,20-26,28-51,53,59H2,1-3H3,(H,89,106)(H,90,107)(H,92,108)(H,94,104)(H2,91,93,110)(H,112,113,114)/t64-,65+,68+,73-/m0/s1. The van der Waals surface area contributed by atoms with Gasteiger partial charge in [-0.05, 0) is 117 Å². The van der Waals surface area contributed by atoms with Crippen LogP contribution in [-0.2, 0) is 121 Å². The summed E-state index contributed by atoms with van der Waals surface area (Å²) in [5, 5.41) is 48.6. The van der Waals surface area contributed by atoms with Crippen LogP contribution in [0.1, 0.15) is 104 Å². The molecule has 4 atom stereocenters. The van der Waals surface area contributed by atoms with Crippen molar-refractivity contribution in [1.29, 1.82) is 0 Å². The van der Waals surface area contributed by atoms with E-state index in [1.54, 1.807) is 53.2 Å². The van der Waals surface area contributed by atoms with Gasteiger partial charge in [0.2, 0.25) is 17.7 Å². The van der Waals surface area contributed by atoms with Crippen LogP contribution >= 0.6 is 11.3 Å². The van der Waals surface area contributed by atoms with Gasteiger partial charge in [0.1, 0.15) is 40.5 Å². The molecule has 43 nitrogen and oxygen atoms in total. The third-order valence-corrected chi connectivity index (χ3v) is 23.5. The summed E-state index contributed by atoms with van der Waals surface area (Å²) in [6.07, 6.45) is 6.13. The molecule has 11 rings (SSSR count).